The Bertz CT molecular complexity index is 263. The summed E-state index contributed by atoms with van der Waals surface area (Å²) in [6.45, 7) is 5.09. The first-order valence-corrected chi connectivity index (χ1v) is 4.65. The number of urea groups is 1. The molecule has 0 radical (unpaired) electrons. The maximum Gasteiger partial charge on any atom is 0.321 e. The van der Waals surface area contributed by atoms with Crippen LogP contribution in [0, 0.1) is 0 Å². The summed E-state index contributed by atoms with van der Waals surface area (Å²) in [6.07, 6.45) is 3.25. The van der Waals surface area contributed by atoms with Gasteiger partial charge in [-0.1, -0.05) is 0 Å². The average molecular weight is 197 g/mol. The lowest BCUT2D eigenvalue weighted by Crippen LogP contribution is -2.44. The van der Waals surface area contributed by atoms with Crippen molar-refractivity contribution in [3.63, 3.8) is 0 Å². The summed E-state index contributed by atoms with van der Waals surface area (Å²) in [5.41, 5.74) is 0. The summed E-state index contributed by atoms with van der Waals surface area (Å²) < 4.78 is 0. The Morgan fingerprint density at radius 2 is 1.86 bits per heavy atom. The van der Waals surface area contributed by atoms with Crippen LogP contribution in [0.5, 0.6) is 0 Å². The third-order valence-corrected chi connectivity index (χ3v) is 2.00. The second kappa shape index (κ2) is 4.64. The Morgan fingerprint density at radius 1 is 1.29 bits per heavy atom. The molecule has 3 amide bonds. The van der Waals surface area contributed by atoms with Crippen LogP contribution in [0.15, 0.2) is 12.4 Å². The van der Waals surface area contributed by atoms with Crippen molar-refractivity contribution in [1.82, 2.24) is 15.1 Å². The molecule has 0 atom stereocenters. The fourth-order valence-electron chi connectivity index (χ4n) is 1.21. The predicted molar refractivity (Wildman–Crippen MR) is 52.3 cm³/mol. The minimum absolute atomic E-state index is 0.00296. The first-order chi connectivity index (χ1) is 6.65. The Kier molecular flexibility index (Phi) is 3.50. The molecule has 0 saturated heterocycles. The Balaban J connectivity index is 2.51. The van der Waals surface area contributed by atoms with Crippen molar-refractivity contribution in [1.29, 1.82) is 0 Å². The van der Waals surface area contributed by atoms with Crippen LogP contribution in [0.2, 0.25) is 0 Å². The number of hydrogen-bond acceptors (Lipinski definition) is 2. The molecule has 0 fully saturated rings. The van der Waals surface area contributed by atoms with Gasteiger partial charge in [0.15, 0.2) is 0 Å². The maximum absolute atomic E-state index is 11.3. The lowest BCUT2D eigenvalue weighted by atomic mass is 10.4. The van der Waals surface area contributed by atoms with E-state index in [2.05, 4.69) is 5.32 Å². The second-order valence-electron chi connectivity index (χ2n) is 3.04. The largest absolute Gasteiger partial charge is 0.338 e. The lowest BCUT2D eigenvalue weighted by molar-refractivity contribution is -0.126. The van der Waals surface area contributed by atoms with Crippen LogP contribution in [0.1, 0.15) is 13.8 Å². The third-order valence-electron chi connectivity index (χ3n) is 2.00. The van der Waals surface area contributed by atoms with E-state index in [9.17, 15) is 9.59 Å². The minimum atomic E-state index is -0.119. The summed E-state index contributed by atoms with van der Waals surface area (Å²) in [5, 5.41) is 2.69. The molecule has 5 nitrogen and oxygen atoms in total. The van der Waals surface area contributed by atoms with E-state index in [1.807, 2.05) is 6.92 Å². The molecule has 0 aliphatic carbocycles. The van der Waals surface area contributed by atoms with Crippen molar-refractivity contribution in [2.45, 2.75) is 13.8 Å². The Morgan fingerprint density at radius 3 is 2.29 bits per heavy atom. The van der Waals surface area contributed by atoms with E-state index in [0.717, 1.165) is 0 Å². The topological polar surface area (TPSA) is 52.7 Å². The molecule has 14 heavy (non-hydrogen) atoms. The molecule has 0 aromatic rings. The molecule has 0 aromatic carbocycles. The summed E-state index contributed by atoms with van der Waals surface area (Å²) in [7, 11) is 0. The third kappa shape index (κ3) is 2.48. The Hall–Kier alpha value is -1.52. The van der Waals surface area contributed by atoms with Crippen molar-refractivity contribution >= 4 is 11.9 Å². The fourth-order valence-corrected chi connectivity index (χ4v) is 1.21. The van der Waals surface area contributed by atoms with E-state index in [4.69, 9.17) is 0 Å². The zero-order valence-corrected chi connectivity index (χ0v) is 8.49. The van der Waals surface area contributed by atoms with Crippen molar-refractivity contribution in [3.8, 4) is 0 Å². The highest BCUT2D eigenvalue weighted by Gasteiger charge is 2.16. The average Bonchev–Trinajstić information content (AvgIpc) is 2.18. The molecule has 0 saturated carbocycles. The number of amides is 3. The first-order valence-electron chi connectivity index (χ1n) is 4.65. The van der Waals surface area contributed by atoms with Crippen LogP contribution in [-0.4, -0.2) is 41.4 Å². The molecule has 78 valence electrons. The van der Waals surface area contributed by atoms with E-state index in [1.54, 1.807) is 22.2 Å². The highest BCUT2D eigenvalue weighted by atomic mass is 16.2. The van der Waals surface area contributed by atoms with Gasteiger partial charge < -0.3 is 10.2 Å². The van der Waals surface area contributed by atoms with Crippen molar-refractivity contribution in [2.75, 3.05) is 19.6 Å². The highest BCUT2D eigenvalue weighted by molar-refractivity contribution is 5.77. The maximum atomic E-state index is 11.3. The van der Waals surface area contributed by atoms with Gasteiger partial charge >= 0.3 is 6.03 Å². The smallest absolute Gasteiger partial charge is 0.321 e. The van der Waals surface area contributed by atoms with E-state index in [1.165, 1.54) is 6.92 Å². The standard InChI is InChI=1S/C9H15N3O2/c1-3-10-9(14)12-6-4-11(5-7-12)8(2)13/h4,6H,3,5,7H2,1-2H3,(H,10,14). The molecule has 1 aliphatic heterocycles. The zero-order chi connectivity index (χ0) is 10.6. The molecule has 0 unspecified atom stereocenters. The first kappa shape index (κ1) is 10.6. The summed E-state index contributed by atoms with van der Waals surface area (Å²) >= 11 is 0. The minimum Gasteiger partial charge on any atom is -0.338 e. The van der Waals surface area contributed by atoms with Crippen molar-refractivity contribution in [2.24, 2.45) is 0 Å². The van der Waals surface area contributed by atoms with Gasteiger partial charge in [-0.3, -0.25) is 9.69 Å². The fraction of sp³-hybridized carbons (Fsp3) is 0.556. The van der Waals surface area contributed by atoms with Gasteiger partial charge in [-0.05, 0) is 6.92 Å². The molecule has 0 bridgehead atoms. The van der Waals surface area contributed by atoms with Gasteiger partial charge in [0.05, 0.1) is 0 Å². The normalized spacial score (nSPS) is 15.6. The number of carbonyl (C=O) groups excluding carboxylic acids is 2. The van der Waals surface area contributed by atoms with E-state index < -0.39 is 0 Å². The monoisotopic (exact) mass is 197 g/mol. The van der Waals surface area contributed by atoms with Crippen molar-refractivity contribution in [3.05, 3.63) is 12.4 Å². The van der Waals surface area contributed by atoms with Gasteiger partial charge in [0, 0.05) is 39.0 Å². The number of nitrogens with one attached hydrogen (secondary N) is 1. The van der Waals surface area contributed by atoms with E-state index in [-0.39, 0.29) is 11.9 Å². The quantitative estimate of drug-likeness (QED) is 0.659. The van der Waals surface area contributed by atoms with Crippen LogP contribution in [-0.2, 0) is 4.79 Å². The van der Waals surface area contributed by atoms with Crippen molar-refractivity contribution < 1.29 is 9.59 Å². The van der Waals surface area contributed by atoms with Crippen LogP contribution >= 0.6 is 0 Å². The molecule has 1 N–H and O–H groups in total. The highest BCUT2D eigenvalue weighted by Crippen LogP contribution is 2.03. The molecular formula is C9H15N3O2. The second-order valence-corrected chi connectivity index (χ2v) is 3.04. The summed E-state index contributed by atoms with van der Waals surface area (Å²) in [6, 6.07) is -0.119. The molecule has 0 aromatic heterocycles. The van der Waals surface area contributed by atoms with Gasteiger partial charge in [0.2, 0.25) is 5.91 Å². The van der Waals surface area contributed by atoms with Gasteiger partial charge in [-0.15, -0.1) is 0 Å². The Labute approximate surface area is 83.4 Å². The molecule has 1 heterocycles. The molecule has 1 rings (SSSR count). The lowest BCUT2D eigenvalue weighted by Gasteiger charge is -2.27. The predicted octanol–water partition coefficient (Wildman–Crippen LogP) is 0.351. The number of rotatable bonds is 1. The SMILES string of the molecule is CCNC(=O)N1C=CN(C(C)=O)CC1. The summed E-state index contributed by atoms with van der Waals surface area (Å²) in [4.78, 5) is 25.4. The van der Waals surface area contributed by atoms with Gasteiger partial charge in [0.1, 0.15) is 0 Å². The van der Waals surface area contributed by atoms with Crippen LogP contribution in [0.25, 0.3) is 0 Å². The molecular weight excluding hydrogens is 182 g/mol. The molecule has 0 spiro atoms. The molecule has 1 aliphatic rings. The zero-order valence-electron chi connectivity index (χ0n) is 8.49. The van der Waals surface area contributed by atoms with Crippen LogP contribution in [0.3, 0.4) is 0 Å². The number of hydrogen-bond donors (Lipinski definition) is 1. The van der Waals surface area contributed by atoms with Crippen LogP contribution in [0.4, 0.5) is 4.79 Å². The van der Waals surface area contributed by atoms with E-state index >= 15 is 0 Å². The number of nitrogens with zero attached hydrogens (tertiary/aromatic N) is 2. The van der Waals surface area contributed by atoms with E-state index in [0.29, 0.717) is 19.6 Å². The summed E-state index contributed by atoms with van der Waals surface area (Å²) in [5.74, 6) is -0.00296. The van der Waals surface area contributed by atoms with Gasteiger partial charge in [-0.2, -0.15) is 0 Å². The van der Waals surface area contributed by atoms with Gasteiger partial charge in [0.25, 0.3) is 0 Å². The van der Waals surface area contributed by atoms with Gasteiger partial charge in [-0.25, -0.2) is 4.79 Å². The molecule has 5 heteroatoms. The number of carbonyl (C=O) groups is 2. The van der Waals surface area contributed by atoms with Crippen LogP contribution < -0.4 is 5.32 Å².